The van der Waals surface area contributed by atoms with Crippen LogP contribution in [-0.2, 0) is 16.0 Å². The molecule has 31 heavy (non-hydrogen) atoms. The van der Waals surface area contributed by atoms with Gasteiger partial charge in [-0.1, -0.05) is 18.2 Å². The third kappa shape index (κ3) is 7.53. The van der Waals surface area contributed by atoms with Crippen LogP contribution in [0, 0.1) is 0 Å². The van der Waals surface area contributed by atoms with Gasteiger partial charge < -0.3 is 24.8 Å². The van der Waals surface area contributed by atoms with Crippen molar-refractivity contribution in [1.82, 2.24) is 10.6 Å². The quantitative estimate of drug-likeness (QED) is 0.587. The van der Waals surface area contributed by atoms with E-state index < -0.39 is 0 Å². The largest absolute Gasteiger partial charge is 0.493 e. The highest BCUT2D eigenvalue weighted by atomic mass is 35.5. The van der Waals surface area contributed by atoms with E-state index in [0.717, 1.165) is 30.8 Å². The van der Waals surface area contributed by atoms with Crippen molar-refractivity contribution in [1.29, 1.82) is 0 Å². The molecule has 8 heteroatoms. The zero-order valence-corrected chi connectivity index (χ0v) is 17.9. The molecule has 2 amide bonds. The maximum Gasteiger partial charge on any atom is 0.262 e. The van der Waals surface area contributed by atoms with Gasteiger partial charge in [-0.2, -0.15) is 0 Å². The highest BCUT2D eigenvalue weighted by Crippen LogP contribution is 2.28. The Morgan fingerprint density at radius 1 is 1.03 bits per heavy atom. The molecule has 0 aliphatic carbocycles. The first-order valence-corrected chi connectivity index (χ1v) is 10.4. The average Bonchev–Trinajstić information content (AvgIpc) is 2.77. The number of benzene rings is 2. The second-order valence-electron chi connectivity index (χ2n) is 7.00. The molecule has 0 aromatic heterocycles. The molecule has 0 saturated carbocycles. The molecular formula is C23H25ClN2O5. The summed E-state index contributed by atoms with van der Waals surface area (Å²) in [6.07, 6.45) is 2.31. The fraction of sp³-hybridized carbons (Fsp3) is 0.304. The molecule has 0 spiro atoms. The second kappa shape index (κ2) is 11.3. The molecule has 0 bridgehead atoms. The summed E-state index contributed by atoms with van der Waals surface area (Å²) >= 11 is 5.80. The fourth-order valence-corrected chi connectivity index (χ4v) is 3.08. The van der Waals surface area contributed by atoms with Gasteiger partial charge in [-0.3, -0.25) is 9.59 Å². The monoisotopic (exact) mass is 444 g/mol. The number of amides is 2. The zero-order chi connectivity index (χ0) is 22.1. The molecule has 2 aromatic rings. The summed E-state index contributed by atoms with van der Waals surface area (Å²) in [5.41, 5.74) is 1.58. The molecular weight excluding hydrogens is 420 g/mol. The Bertz CT molecular complexity index is 930. The van der Waals surface area contributed by atoms with Crippen LogP contribution in [0.25, 0.3) is 0 Å². The second-order valence-corrected chi connectivity index (χ2v) is 7.44. The van der Waals surface area contributed by atoms with Crippen molar-refractivity contribution in [2.75, 3.05) is 26.4 Å². The van der Waals surface area contributed by atoms with Crippen molar-refractivity contribution in [3.63, 3.8) is 0 Å². The maximum atomic E-state index is 12.1. The van der Waals surface area contributed by atoms with E-state index in [2.05, 4.69) is 17.2 Å². The van der Waals surface area contributed by atoms with Gasteiger partial charge in [0, 0.05) is 23.7 Å². The Balaban J connectivity index is 1.29. The van der Waals surface area contributed by atoms with Crippen LogP contribution in [0.1, 0.15) is 18.4 Å². The van der Waals surface area contributed by atoms with Crippen LogP contribution in [0.5, 0.6) is 17.2 Å². The van der Waals surface area contributed by atoms with Crippen molar-refractivity contribution >= 4 is 23.4 Å². The number of carbonyl (C=O) groups excluding carboxylic acids is 2. The average molecular weight is 445 g/mol. The van der Waals surface area contributed by atoms with Gasteiger partial charge >= 0.3 is 0 Å². The van der Waals surface area contributed by atoms with Crippen LogP contribution in [0.2, 0.25) is 5.02 Å². The summed E-state index contributed by atoms with van der Waals surface area (Å²) in [5, 5.41) is 5.98. The lowest BCUT2D eigenvalue weighted by Crippen LogP contribution is -2.32. The molecule has 2 aromatic carbocycles. The fourth-order valence-electron chi connectivity index (χ4n) is 2.95. The van der Waals surface area contributed by atoms with E-state index in [9.17, 15) is 9.59 Å². The molecule has 1 aliphatic rings. The number of nitrogens with one attached hydrogen (secondary N) is 2. The van der Waals surface area contributed by atoms with E-state index in [4.69, 9.17) is 25.8 Å². The highest BCUT2D eigenvalue weighted by molar-refractivity contribution is 6.30. The molecule has 7 nitrogen and oxygen atoms in total. The maximum absolute atomic E-state index is 12.1. The molecule has 164 valence electrons. The highest BCUT2D eigenvalue weighted by Gasteiger charge is 2.12. The smallest absolute Gasteiger partial charge is 0.262 e. The summed E-state index contributed by atoms with van der Waals surface area (Å²) < 4.78 is 16.5. The van der Waals surface area contributed by atoms with Crippen molar-refractivity contribution in [3.05, 3.63) is 65.3 Å². The SMILES string of the molecule is C=C(CCNC(=O)COc1ccc(Cl)cc1)NC(=O)COc1ccc2c(c1)CCCO2. The van der Waals surface area contributed by atoms with Crippen LogP contribution >= 0.6 is 11.6 Å². The molecule has 1 aliphatic heterocycles. The summed E-state index contributed by atoms with van der Waals surface area (Å²) in [6, 6.07) is 12.3. The van der Waals surface area contributed by atoms with Crippen LogP contribution in [0.3, 0.4) is 0 Å². The minimum Gasteiger partial charge on any atom is -0.493 e. The lowest BCUT2D eigenvalue weighted by atomic mass is 10.1. The van der Waals surface area contributed by atoms with Crippen LogP contribution in [0.4, 0.5) is 0 Å². The van der Waals surface area contributed by atoms with E-state index in [-0.39, 0.29) is 25.0 Å². The van der Waals surface area contributed by atoms with E-state index in [1.165, 1.54) is 0 Å². The number of ether oxygens (including phenoxy) is 3. The Hall–Kier alpha value is -3.19. The molecule has 0 fully saturated rings. The normalized spacial score (nSPS) is 12.2. The molecule has 3 rings (SSSR count). The standard InChI is InChI=1S/C23H25ClN2O5/c1-16(10-11-25-22(27)14-30-19-6-4-18(24)5-7-19)26-23(28)15-31-20-8-9-21-17(13-20)3-2-12-29-21/h4-9,13H,1-3,10-12,14-15H2,(H,25,27)(H,26,28). The van der Waals surface area contributed by atoms with Crippen LogP contribution in [-0.4, -0.2) is 38.2 Å². The third-order valence-electron chi connectivity index (χ3n) is 4.50. The third-order valence-corrected chi connectivity index (χ3v) is 4.75. The van der Waals surface area contributed by atoms with Gasteiger partial charge in [0.2, 0.25) is 0 Å². The zero-order valence-electron chi connectivity index (χ0n) is 17.1. The number of halogens is 1. The Kier molecular flexibility index (Phi) is 8.18. The van der Waals surface area contributed by atoms with Crippen LogP contribution in [0.15, 0.2) is 54.7 Å². The predicted octanol–water partition coefficient (Wildman–Crippen LogP) is 3.26. The van der Waals surface area contributed by atoms with Crippen LogP contribution < -0.4 is 24.8 Å². The van der Waals surface area contributed by atoms with Crippen molar-refractivity contribution in [2.45, 2.75) is 19.3 Å². The van der Waals surface area contributed by atoms with Gasteiger partial charge in [-0.05, 0) is 60.9 Å². The first-order chi connectivity index (χ1) is 15.0. The van der Waals surface area contributed by atoms with Gasteiger partial charge in [0.1, 0.15) is 17.2 Å². The summed E-state index contributed by atoms with van der Waals surface area (Å²) in [7, 11) is 0. The van der Waals surface area contributed by atoms with E-state index in [1.54, 1.807) is 30.3 Å². The number of carbonyl (C=O) groups is 2. The van der Waals surface area contributed by atoms with E-state index in [1.807, 2.05) is 12.1 Å². The number of aryl methyl sites for hydroxylation is 1. The number of hydrogen-bond acceptors (Lipinski definition) is 5. The molecule has 0 radical (unpaired) electrons. The van der Waals surface area contributed by atoms with Crippen molar-refractivity contribution < 1.29 is 23.8 Å². The summed E-state index contributed by atoms with van der Waals surface area (Å²) in [4.78, 5) is 23.9. The van der Waals surface area contributed by atoms with Gasteiger partial charge in [0.05, 0.1) is 6.61 Å². The van der Waals surface area contributed by atoms with Gasteiger partial charge in [-0.15, -0.1) is 0 Å². The number of hydrogen-bond donors (Lipinski definition) is 2. The summed E-state index contributed by atoms with van der Waals surface area (Å²) in [5.74, 6) is 1.47. The minimum absolute atomic E-state index is 0.111. The Morgan fingerprint density at radius 3 is 2.55 bits per heavy atom. The van der Waals surface area contributed by atoms with Crippen molar-refractivity contribution in [3.8, 4) is 17.2 Å². The Labute approximate surface area is 186 Å². The first-order valence-electron chi connectivity index (χ1n) is 10.0. The topological polar surface area (TPSA) is 85.9 Å². The predicted molar refractivity (Wildman–Crippen MR) is 118 cm³/mol. The lowest BCUT2D eigenvalue weighted by Gasteiger charge is -2.18. The molecule has 1 heterocycles. The molecule has 0 saturated heterocycles. The first kappa shape index (κ1) is 22.5. The number of rotatable bonds is 10. The minimum atomic E-state index is -0.309. The molecule has 0 atom stereocenters. The lowest BCUT2D eigenvalue weighted by molar-refractivity contribution is -0.123. The van der Waals surface area contributed by atoms with Gasteiger partial charge in [0.25, 0.3) is 11.8 Å². The Morgan fingerprint density at radius 2 is 1.74 bits per heavy atom. The van der Waals surface area contributed by atoms with Crippen molar-refractivity contribution in [2.24, 2.45) is 0 Å². The van der Waals surface area contributed by atoms with E-state index in [0.29, 0.717) is 35.2 Å². The summed E-state index contributed by atoms with van der Waals surface area (Å²) in [6.45, 7) is 4.63. The molecule has 2 N–H and O–H groups in total. The molecule has 0 unspecified atom stereocenters. The van der Waals surface area contributed by atoms with E-state index >= 15 is 0 Å². The van der Waals surface area contributed by atoms with Gasteiger partial charge in [0.15, 0.2) is 13.2 Å². The number of fused-ring (bicyclic) bond motifs is 1. The van der Waals surface area contributed by atoms with Gasteiger partial charge in [-0.25, -0.2) is 0 Å².